The van der Waals surface area contributed by atoms with Crippen LogP contribution in [0.5, 0.6) is 0 Å². The molecule has 88 valence electrons. The van der Waals surface area contributed by atoms with Crippen LogP contribution in [0.4, 0.5) is 0 Å². The fourth-order valence-electron chi connectivity index (χ4n) is 1.06. The molecular weight excluding hydrogens is 260 g/mol. The average Bonchev–Trinajstić information content (AvgIpc) is 2.14. The monoisotopic (exact) mass is 266 g/mol. The van der Waals surface area contributed by atoms with Crippen molar-refractivity contribution in [3.8, 4) is 0 Å². The van der Waals surface area contributed by atoms with Crippen molar-refractivity contribution in [1.82, 2.24) is 0 Å². The lowest BCUT2D eigenvalue weighted by Crippen LogP contribution is -2.18. The molecule has 2 N–H and O–H groups in total. The molecule has 0 unspecified atom stereocenters. The van der Waals surface area contributed by atoms with Crippen LogP contribution in [0.2, 0.25) is 0 Å². The maximum Gasteiger partial charge on any atom is 0.316 e. The van der Waals surface area contributed by atoms with Crippen molar-refractivity contribution in [2.24, 2.45) is 0 Å². The van der Waals surface area contributed by atoms with E-state index in [1.54, 1.807) is 0 Å². The molecule has 8 nitrogen and oxygen atoms in total. The van der Waals surface area contributed by atoms with Gasteiger partial charge in [-0.25, -0.2) is 0 Å². The van der Waals surface area contributed by atoms with E-state index in [0.717, 1.165) is 6.08 Å². The van der Waals surface area contributed by atoms with Crippen molar-refractivity contribution in [2.45, 2.75) is 6.42 Å². The van der Waals surface area contributed by atoms with Crippen LogP contribution in [0.3, 0.4) is 0 Å². The van der Waals surface area contributed by atoms with Gasteiger partial charge in [-0.1, -0.05) is 6.08 Å². The normalized spacial score (nSPS) is 17.5. The molecular formula is C6H6N2O6S2. The molecule has 10 heteroatoms. The predicted molar refractivity (Wildman–Crippen MR) is 52.5 cm³/mol. The van der Waals surface area contributed by atoms with Gasteiger partial charge < -0.3 is 5.53 Å². The van der Waals surface area contributed by atoms with Gasteiger partial charge in [0.25, 0.3) is 10.1 Å². The highest BCUT2D eigenvalue weighted by Crippen LogP contribution is 2.21. The Morgan fingerprint density at radius 1 is 1.19 bits per heavy atom. The minimum atomic E-state index is -4.73. The molecule has 0 saturated heterocycles. The van der Waals surface area contributed by atoms with Crippen LogP contribution in [0.25, 0.3) is 5.53 Å². The molecule has 0 heterocycles. The molecule has 0 aromatic carbocycles. The highest BCUT2D eigenvalue weighted by molar-refractivity contribution is 7.91. The summed E-state index contributed by atoms with van der Waals surface area (Å²) in [4.78, 5) is 1.04. The molecule has 16 heavy (non-hydrogen) atoms. The lowest BCUT2D eigenvalue weighted by molar-refractivity contribution is -0.00585. The van der Waals surface area contributed by atoms with Gasteiger partial charge in [0.1, 0.15) is 0 Å². The fourth-order valence-corrected chi connectivity index (χ4v) is 2.40. The Morgan fingerprint density at radius 3 is 2.12 bits per heavy atom. The summed E-state index contributed by atoms with van der Waals surface area (Å²) >= 11 is 0. The van der Waals surface area contributed by atoms with Crippen molar-refractivity contribution in [3.63, 3.8) is 0 Å². The molecule has 1 aliphatic rings. The lowest BCUT2D eigenvalue weighted by Gasteiger charge is -2.05. The zero-order valence-electron chi connectivity index (χ0n) is 7.60. The highest BCUT2D eigenvalue weighted by Gasteiger charge is 2.32. The first-order chi connectivity index (χ1) is 7.16. The van der Waals surface area contributed by atoms with E-state index in [9.17, 15) is 16.8 Å². The molecule has 0 aliphatic heterocycles. The summed E-state index contributed by atoms with van der Waals surface area (Å²) in [6.07, 6.45) is 1.10. The summed E-state index contributed by atoms with van der Waals surface area (Å²) in [5.41, 5.74) is 8.02. The van der Waals surface area contributed by atoms with Crippen molar-refractivity contribution >= 4 is 25.9 Å². The van der Waals surface area contributed by atoms with E-state index >= 15 is 0 Å². The van der Waals surface area contributed by atoms with E-state index in [2.05, 4.69) is 4.79 Å². The van der Waals surface area contributed by atoms with Crippen molar-refractivity contribution in [3.05, 3.63) is 27.5 Å². The molecule has 0 aromatic rings. The van der Waals surface area contributed by atoms with E-state index in [4.69, 9.17) is 14.6 Å². The standard InChI is InChI=1S/C6H6N2O6S2/c7-8-5-2-1-4(15(9,10)11)3-6(5)16(12,13)14/h1,3H,2H2,(H,9,10,11)(H,12,13,14). The number of hydrogen-bond acceptors (Lipinski definition) is 4. The van der Waals surface area contributed by atoms with Gasteiger partial charge in [-0.2, -0.15) is 21.6 Å². The molecule has 0 saturated carbocycles. The zero-order chi connectivity index (χ0) is 12.6. The van der Waals surface area contributed by atoms with Gasteiger partial charge >= 0.3 is 15.8 Å². The second-order valence-electron chi connectivity index (χ2n) is 2.82. The Bertz CT molecular complexity index is 633. The Morgan fingerprint density at radius 2 is 1.75 bits per heavy atom. The van der Waals surface area contributed by atoms with Crippen LogP contribution in [-0.4, -0.2) is 36.4 Å². The van der Waals surface area contributed by atoms with Crippen LogP contribution in [-0.2, 0) is 20.2 Å². The number of hydrogen-bond donors (Lipinski definition) is 2. The number of rotatable bonds is 2. The van der Waals surface area contributed by atoms with Crippen LogP contribution < -0.4 is 0 Å². The summed E-state index contributed by atoms with van der Waals surface area (Å²) in [7, 11) is -9.30. The molecule has 0 amide bonds. The largest absolute Gasteiger partial charge is 0.361 e. The third-order valence-corrected chi connectivity index (χ3v) is 3.54. The van der Waals surface area contributed by atoms with Gasteiger partial charge in [-0.15, -0.1) is 0 Å². The smallest absolute Gasteiger partial charge is 0.316 e. The van der Waals surface area contributed by atoms with Gasteiger partial charge in [0.15, 0.2) is 4.91 Å². The molecule has 0 aromatic heterocycles. The van der Waals surface area contributed by atoms with E-state index in [0.29, 0.717) is 6.08 Å². The third kappa shape index (κ3) is 2.62. The zero-order valence-corrected chi connectivity index (χ0v) is 9.23. The summed E-state index contributed by atoms with van der Waals surface area (Å²) in [6, 6.07) is 0. The molecule has 1 aliphatic carbocycles. The van der Waals surface area contributed by atoms with Crippen LogP contribution in [0.15, 0.2) is 22.0 Å². The summed E-state index contributed by atoms with van der Waals surface area (Å²) in [6.45, 7) is 0. The van der Waals surface area contributed by atoms with E-state index in [-0.39, 0.29) is 6.42 Å². The van der Waals surface area contributed by atoms with Crippen LogP contribution in [0, 0.1) is 0 Å². The number of allylic oxidation sites excluding steroid dienone is 3. The summed E-state index contributed by atoms with van der Waals surface area (Å²) in [5.74, 6) is 0. The van der Waals surface area contributed by atoms with Gasteiger partial charge in [0, 0.05) is 0 Å². The van der Waals surface area contributed by atoms with E-state index < -0.39 is 35.8 Å². The predicted octanol–water partition coefficient (Wildman–Crippen LogP) is -0.396. The van der Waals surface area contributed by atoms with Gasteiger partial charge in [0.05, 0.1) is 11.3 Å². The Labute approximate surface area is 91.0 Å². The first kappa shape index (κ1) is 12.7. The van der Waals surface area contributed by atoms with E-state index in [1.807, 2.05) is 0 Å². The molecule has 0 radical (unpaired) electrons. The molecule has 0 bridgehead atoms. The summed E-state index contributed by atoms with van der Waals surface area (Å²) in [5, 5.41) is 0. The second kappa shape index (κ2) is 3.92. The second-order valence-corrected chi connectivity index (χ2v) is 5.63. The van der Waals surface area contributed by atoms with Crippen LogP contribution in [0.1, 0.15) is 6.42 Å². The first-order valence-corrected chi connectivity index (χ1v) is 6.62. The quantitative estimate of drug-likeness (QED) is 0.395. The van der Waals surface area contributed by atoms with Crippen LogP contribution >= 0.6 is 0 Å². The van der Waals surface area contributed by atoms with Crippen molar-refractivity contribution in [2.75, 3.05) is 0 Å². The molecule has 1 rings (SSSR count). The van der Waals surface area contributed by atoms with Crippen molar-refractivity contribution < 1.29 is 30.7 Å². The molecule has 0 atom stereocenters. The van der Waals surface area contributed by atoms with Crippen molar-refractivity contribution in [1.29, 1.82) is 0 Å². The lowest BCUT2D eigenvalue weighted by atomic mass is 10.1. The van der Waals surface area contributed by atoms with Gasteiger partial charge in [0.2, 0.25) is 0 Å². The third-order valence-electron chi connectivity index (χ3n) is 1.75. The average molecular weight is 266 g/mol. The maximum absolute atomic E-state index is 10.8. The topological polar surface area (TPSA) is 145 Å². The minimum Gasteiger partial charge on any atom is -0.361 e. The highest BCUT2D eigenvalue weighted by atomic mass is 32.2. The number of nitrogens with zero attached hydrogens (tertiary/aromatic N) is 2. The molecule has 0 fully saturated rings. The van der Waals surface area contributed by atoms with Gasteiger partial charge in [-0.05, 0) is 6.08 Å². The molecule has 0 spiro atoms. The summed E-state index contributed by atoms with van der Waals surface area (Å²) < 4.78 is 60.5. The Hall–Kier alpha value is -1.32. The fraction of sp³-hybridized carbons (Fsp3) is 0.167. The Kier molecular flexibility index (Phi) is 3.13. The SMILES string of the molecule is [N-]=[N+]=C1CC=C(S(=O)(=O)O)C=C1S(=O)(=O)O. The minimum absolute atomic E-state index is 0.350. The Balaban J connectivity index is 3.47. The van der Waals surface area contributed by atoms with Gasteiger partial charge in [-0.3, -0.25) is 9.11 Å². The van der Waals surface area contributed by atoms with E-state index in [1.165, 1.54) is 0 Å². The maximum atomic E-state index is 10.8. The first-order valence-electron chi connectivity index (χ1n) is 3.74.